The van der Waals surface area contributed by atoms with Crippen molar-refractivity contribution in [1.82, 2.24) is 10.2 Å². The van der Waals surface area contributed by atoms with Crippen molar-refractivity contribution in [2.45, 2.75) is 19.8 Å². The van der Waals surface area contributed by atoms with Crippen molar-refractivity contribution in [3.63, 3.8) is 0 Å². The normalized spacial score (nSPS) is 15.1. The summed E-state index contributed by atoms with van der Waals surface area (Å²) in [6, 6.07) is 5.18. The molecule has 1 N–H and O–H groups in total. The predicted octanol–water partition coefficient (Wildman–Crippen LogP) is 1.28. The summed E-state index contributed by atoms with van der Waals surface area (Å²) in [5.41, 5.74) is 1.32. The van der Waals surface area contributed by atoms with Crippen LogP contribution < -0.4 is 10.1 Å². The number of methoxy groups -OCH3 is 1. The number of hydrogen-bond donors (Lipinski definition) is 1. The number of Topliss-reactive ketones (excluding diaryl/α,β-unsaturated/α-hetero) is 1. The minimum Gasteiger partial charge on any atom is -0.496 e. The Hall–Kier alpha value is -1.92. The topological polar surface area (TPSA) is 67.9 Å². The van der Waals surface area contributed by atoms with Crippen LogP contribution in [0.2, 0.25) is 0 Å². The summed E-state index contributed by atoms with van der Waals surface area (Å²) in [6.07, 6.45) is 1.12. The number of nitrogens with zero attached hydrogens (tertiary/aromatic N) is 1. The van der Waals surface area contributed by atoms with Crippen LogP contribution in [0.15, 0.2) is 18.2 Å². The monoisotopic (exact) mass is 334 g/mol. The molecule has 1 saturated heterocycles. The Morgan fingerprint density at radius 2 is 2.04 bits per heavy atom. The maximum absolute atomic E-state index is 12.1. The highest BCUT2D eigenvalue weighted by molar-refractivity contribution is 5.94. The van der Waals surface area contributed by atoms with Gasteiger partial charge in [0.15, 0.2) is 5.78 Å². The standard InChI is InChI=1S/C18H26N2O4/c1-14(21)15-4-5-17(23-2)16(12-15)13-18(22)19-6-3-7-20-8-10-24-11-9-20/h4-5,12H,3,6-11,13H2,1-2H3,(H,19,22). The second-order valence-electron chi connectivity index (χ2n) is 5.92. The van der Waals surface area contributed by atoms with Gasteiger partial charge in [-0.1, -0.05) is 0 Å². The molecular weight excluding hydrogens is 308 g/mol. The van der Waals surface area contributed by atoms with Crippen molar-refractivity contribution in [3.8, 4) is 5.75 Å². The van der Waals surface area contributed by atoms with E-state index in [2.05, 4.69) is 10.2 Å². The van der Waals surface area contributed by atoms with Gasteiger partial charge >= 0.3 is 0 Å². The van der Waals surface area contributed by atoms with E-state index in [4.69, 9.17) is 9.47 Å². The van der Waals surface area contributed by atoms with Crippen LogP contribution in [0.5, 0.6) is 5.75 Å². The third kappa shape index (κ3) is 5.62. The first-order valence-corrected chi connectivity index (χ1v) is 8.35. The third-order valence-corrected chi connectivity index (χ3v) is 4.11. The van der Waals surface area contributed by atoms with Gasteiger partial charge in [-0.3, -0.25) is 14.5 Å². The van der Waals surface area contributed by atoms with E-state index in [1.54, 1.807) is 25.3 Å². The Bertz CT molecular complexity index is 568. The first kappa shape index (κ1) is 18.4. The number of nitrogens with one attached hydrogen (secondary N) is 1. The molecule has 0 saturated carbocycles. The molecule has 0 aliphatic carbocycles. The van der Waals surface area contributed by atoms with Gasteiger partial charge < -0.3 is 14.8 Å². The summed E-state index contributed by atoms with van der Waals surface area (Å²) in [5, 5.41) is 2.93. The van der Waals surface area contributed by atoms with E-state index < -0.39 is 0 Å². The number of carbonyl (C=O) groups is 2. The van der Waals surface area contributed by atoms with E-state index in [-0.39, 0.29) is 18.1 Å². The van der Waals surface area contributed by atoms with E-state index in [0.29, 0.717) is 17.9 Å². The molecule has 1 amide bonds. The third-order valence-electron chi connectivity index (χ3n) is 4.11. The smallest absolute Gasteiger partial charge is 0.224 e. The van der Waals surface area contributed by atoms with Crippen molar-refractivity contribution >= 4 is 11.7 Å². The maximum atomic E-state index is 12.1. The quantitative estimate of drug-likeness (QED) is 0.573. The Kier molecular flexibility index (Phi) is 7.21. The van der Waals surface area contributed by atoms with Crippen LogP contribution in [-0.2, 0) is 16.0 Å². The Morgan fingerprint density at radius 3 is 2.71 bits per heavy atom. The first-order valence-electron chi connectivity index (χ1n) is 8.35. The average molecular weight is 334 g/mol. The van der Waals surface area contributed by atoms with Crippen molar-refractivity contribution in [1.29, 1.82) is 0 Å². The summed E-state index contributed by atoms with van der Waals surface area (Å²) in [4.78, 5) is 26.0. The molecule has 1 aliphatic rings. The Balaban J connectivity index is 1.78. The van der Waals surface area contributed by atoms with E-state index in [9.17, 15) is 9.59 Å². The zero-order chi connectivity index (χ0) is 17.4. The van der Waals surface area contributed by atoms with Crippen molar-refractivity contribution in [2.24, 2.45) is 0 Å². The lowest BCUT2D eigenvalue weighted by Crippen LogP contribution is -2.38. The van der Waals surface area contributed by atoms with Gasteiger partial charge in [-0.2, -0.15) is 0 Å². The van der Waals surface area contributed by atoms with Crippen LogP contribution >= 0.6 is 0 Å². The van der Waals surface area contributed by atoms with Crippen LogP contribution in [0.1, 0.15) is 29.3 Å². The summed E-state index contributed by atoms with van der Waals surface area (Å²) < 4.78 is 10.6. The minimum absolute atomic E-state index is 0.0233. The van der Waals surface area contributed by atoms with Crippen molar-refractivity contribution in [3.05, 3.63) is 29.3 Å². The van der Waals surface area contributed by atoms with Crippen LogP contribution in [-0.4, -0.2) is 63.1 Å². The molecule has 132 valence electrons. The maximum Gasteiger partial charge on any atom is 0.224 e. The number of ketones is 1. The molecule has 1 aliphatic heterocycles. The van der Waals surface area contributed by atoms with Gasteiger partial charge in [0.05, 0.1) is 26.7 Å². The largest absolute Gasteiger partial charge is 0.496 e. The zero-order valence-electron chi connectivity index (χ0n) is 14.5. The summed E-state index contributed by atoms with van der Waals surface area (Å²) in [7, 11) is 1.56. The van der Waals surface area contributed by atoms with Gasteiger partial charge in [0.1, 0.15) is 5.75 Å². The highest BCUT2D eigenvalue weighted by Crippen LogP contribution is 2.20. The number of amides is 1. The summed E-state index contributed by atoms with van der Waals surface area (Å²) >= 11 is 0. The molecule has 1 heterocycles. The molecule has 0 bridgehead atoms. The fourth-order valence-corrected chi connectivity index (χ4v) is 2.73. The first-order chi connectivity index (χ1) is 11.6. The Labute approximate surface area is 143 Å². The van der Waals surface area contributed by atoms with Gasteiger partial charge in [-0.15, -0.1) is 0 Å². The number of benzene rings is 1. The van der Waals surface area contributed by atoms with Crippen molar-refractivity contribution < 1.29 is 19.1 Å². The number of ether oxygens (including phenoxy) is 2. The molecule has 0 atom stereocenters. The lowest BCUT2D eigenvalue weighted by Gasteiger charge is -2.26. The van der Waals surface area contributed by atoms with E-state index >= 15 is 0 Å². The van der Waals surface area contributed by atoms with Crippen LogP contribution in [0.3, 0.4) is 0 Å². The zero-order valence-corrected chi connectivity index (χ0v) is 14.5. The van der Waals surface area contributed by atoms with Gasteiger partial charge in [-0.05, 0) is 38.1 Å². The molecular formula is C18H26N2O4. The second kappa shape index (κ2) is 9.39. The van der Waals surface area contributed by atoms with Crippen LogP contribution in [0.25, 0.3) is 0 Å². The molecule has 0 aromatic heterocycles. The number of carbonyl (C=O) groups excluding carboxylic acids is 2. The van der Waals surface area contributed by atoms with Crippen LogP contribution in [0.4, 0.5) is 0 Å². The molecule has 0 spiro atoms. The summed E-state index contributed by atoms with van der Waals surface area (Å²) in [5.74, 6) is 0.546. The molecule has 2 rings (SSSR count). The predicted molar refractivity (Wildman–Crippen MR) is 91.6 cm³/mol. The second-order valence-corrected chi connectivity index (χ2v) is 5.92. The molecule has 0 unspecified atom stereocenters. The fraction of sp³-hybridized carbons (Fsp3) is 0.556. The highest BCUT2D eigenvalue weighted by atomic mass is 16.5. The Morgan fingerprint density at radius 1 is 1.29 bits per heavy atom. The lowest BCUT2D eigenvalue weighted by molar-refractivity contribution is -0.120. The van der Waals surface area contributed by atoms with Crippen LogP contribution in [0, 0.1) is 0 Å². The number of hydrogen-bond acceptors (Lipinski definition) is 5. The highest BCUT2D eigenvalue weighted by Gasteiger charge is 2.12. The fourth-order valence-electron chi connectivity index (χ4n) is 2.73. The number of morpholine rings is 1. The SMILES string of the molecule is COc1ccc(C(C)=O)cc1CC(=O)NCCCN1CCOCC1. The lowest BCUT2D eigenvalue weighted by atomic mass is 10.0. The van der Waals surface area contributed by atoms with Gasteiger partial charge in [0.25, 0.3) is 0 Å². The molecule has 6 heteroatoms. The number of rotatable bonds is 8. The molecule has 24 heavy (non-hydrogen) atoms. The molecule has 1 aromatic carbocycles. The molecule has 1 aromatic rings. The summed E-state index contributed by atoms with van der Waals surface area (Å²) in [6.45, 7) is 6.62. The molecule has 1 fully saturated rings. The van der Waals surface area contributed by atoms with Gasteiger partial charge in [-0.25, -0.2) is 0 Å². The van der Waals surface area contributed by atoms with E-state index in [1.807, 2.05) is 0 Å². The van der Waals surface area contributed by atoms with Crippen molar-refractivity contribution in [2.75, 3.05) is 46.5 Å². The average Bonchev–Trinajstić information content (AvgIpc) is 2.59. The minimum atomic E-state index is -0.0593. The van der Waals surface area contributed by atoms with E-state index in [0.717, 1.165) is 44.8 Å². The van der Waals surface area contributed by atoms with Gasteiger partial charge in [0, 0.05) is 30.8 Å². The van der Waals surface area contributed by atoms with E-state index in [1.165, 1.54) is 6.92 Å². The molecule has 6 nitrogen and oxygen atoms in total. The molecule has 0 radical (unpaired) electrons. The van der Waals surface area contributed by atoms with Gasteiger partial charge in [0.2, 0.25) is 5.91 Å².